The number of rotatable bonds is 4. The minimum atomic E-state index is -0.427. The third kappa shape index (κ3) is 3.16. The van der Waals surface area contributed by atoms with E-state index >= 15 is 0 Å². The number of ether oxygens (including phenoxy) is 1. The van der Waals surface area contributed by atoms with Gasteiger partial charge in [0.05, 0.1) is 12.8 Å². The predicted octanol–water partition coefficient (Wildman–Crippen LogP) is 3.71. The zero-order valence-electron chi connectivity index (χ0n) is 13.8. The Bertz CT molecular complexity index is 644. The van der Waals surface area contributed by atoms with Crippen LogP contribution in [0.15, 0.2) is 36.7 Å². The maximum absolute atomic E-state index is 11.4. The molecule has 4 heteroatoms. The van der Waals surface area contributed by atoms with Crippen LogP contribution < -0.4 is 0 Å². The molecule has 2 heterocycles. The fourth-order valence-corrected chi connectivity index (χ4v) is 2.25. The second-order valence-electron chi connectivity index (χ2n) is 6.18. The minimum Gasteiger partial charge on any atom is -0.464 e. The summed E-state index contributed by atoms with van der Waals surface area (Å²) in [7, 11) is 1.35. The molecule has 116 valence electrons. The molecule has 2 aromatic heterocycles. The third-order valence-corrected chi connectivity index (χ3v) is 3.97. The molecule has 2 rings (SSSR count). The van der Waals surface area contributed by atoms with E-state index < -0.39 is 5.97 Å². The van der Waals surface area contributed by atoms with Crippen LogP contribution in [0.5, 0.6) is 0 Å². The second kappa shape index (κ2) is 6.26. The molecule has 0 aliphatic heterocycles. The monoisotopic (exact) mass is 298 g/mol. The lowest BCUT2D eigenvalue weighted by molar-refractivity contribution is 0.0594. The summed E-state index contributed by atoms with van der Waals surface area (Å²) in [4.78, 5) is 20.2. The van der Waals surface area contributed by atoms with E-state index in [0.717, 1.165) is 11.3 Å². The van der Waals surface area contributed by atoms with Gasteiger partial charge in [0.15, 0.2) is 0 Å². The van der Waals surface area contributed by atoms with Crippen LogP contribution in [0.4, 0.5) is 0 Å². The van der Waals surface area contributed by atoms with Gasteiger partial charge in [0.1, 0.15) is 5.69 Å². The van der Waals surface area contributed by atoms with Gasteiger partial charge in [-0.2, -0.15) is 0 Å². The molecule has 4 nitrogen and oxygen atoms in total. The van der Waals surface area contributed by atoms with Crippen LogP contribution in [0.3, 0.4) is 0 Å². The number of carbonyl (C=O) groups excluding carboxylic acids is 1. The molecule has 0 saturated carbocycles. The van der Waals surface area contributed by atoms with Crippen LogP contribution in [0.2, 0.25) is 0 Å². The first-order valence-electron chi connectivity index (χ1n) is 7.37. The van der Waals surface area contributed by atoms with E-state index in [1.54, 1.807) is 12.3 Å². The molecule has 0 radical (unpaired) electrons. The average Bonchev–Trinajstić information content (AvgIpc) is 2.54. The van der Waals surface area contributed by atoms with Gasteiger partial charge in [-0.15, -0.1) is 0 Å². The van der Waals surface area contributed by atoms with Gasteiger partial charge in [-0.1, -0.05) is 39.8 Å². The molecule has 0 aliphatic rings. The first-order chi connectivity index (χ1) is 10.4. The molecule has 0 amide bonds. The summed E-state index contributed by atoms with van der Waals surface area (Å²) < 4.78 is 4.67. The van der Waals surface area contributed by atoms with Gasteiger partial charge in [0.25, 0.3) is 0 Å². The molecule has 0 aliphatic carbocycles. The van der Waals surface area contributed by atoms with Crippen molar-refractivity contribution in [1.29, 1.82) is 0 Å². The van der Waals surface area contributed by atoms with E-state index in [4.69, 9.17) is 0 Å². The van der Waals surface area contributed by atoms with Crippen molar-refractivity contribution >= 4 is 5.97 Å². The van der Waals surface area contributed by atoms with E-state index in [9.17, 15) is 4.79 Å². The average molecular weight is 298 g/mol. The second-order valence-corrected chi connectivity index (χ2v) is 6.18. The predicted molar refractivity (Wildman–Crippen MR) is 86.0 cm³/mol. The lowest BCUT2D eigenvalue weighted by atomic mass is 9.81. The van der Waals surface area contributed by atoms with Crippen LogP contribution in [0.25, 0.3) is 0 Å². The van der Waals surface area contributed by atoms with Crippen LogP contribution in [-0.4, -0.2) is 23.0 Å². The molecule has 0 N–H and O–H groups in total. The minimum absolute atomic E-state index is 0.281. The summed E-state index contributed by atoms with van der Waals surface area (Å²) in [6, 6.07) is 7.76. The highest BCUT2D eigenvalue weighted by molar-refractivity contribution is 5.87. The first-order valence-corrected chi connectivity index (χ1v) is 7.37. The Morgan fingerprint density at radius 2 is 1.82 bits per heavy atom. The molecule has 0 aromatic carbocycles. The number of aromatic nitrogens is 2. The van der Waals surface area contributed by atoms with Crippen LogP contribution >= 0.6 is 0 Å². The van der Waals surface area contributed by atoms with E-state index in [1.807, 2.05) is 12.3 Å². The van der Waals surface area contributed by atoms with E-state index in [0.29, 0.717) is 11.6 Å². The summed E-state index contributed by atoms with van der Waals surface area (Å²) in [6.07, 6.45) is 3.64. The standard InChI is InChI=1S/C18H22N2O2/c1-12(2)13-6-9-16(20-10-13)18(3,4)14-7-8-15(19-11-14)17(21)22-5/h6-12H,1-5H3. The molecule has 0 fully saturated rings. The number of carbonyl (C=O) groups is 1. The Morgan fingerprint density at radius 3 is 2.27 bits per heavy atom. The summed E-state index contributed by atoms with van der Waals surface area (Å²) in [5.74, 6) is 0.0365. The molecule has 0 unspecified atom stereocenters. The molecule has 0 bridgehead atoms. The maximum atomic E-state index is 11.4. The number of nitrogens with zero attached hydrogens (tertiary/aromatic N) is 2. The van der Waals surface area contributed by atoms with E-state index in [2.05, 4.69) is 54.5 Å². The van der Waals surface area contributed by atoms with Gasteiger partial charge in [-0.05, 0) is 29.2 Å². The molecular formula is C18H22N2O2. The summed E-state index contributed by atoms with van der Waals surface area (Å²) in [6.45, 7) is 8.49. The summed E-state index contributed by atoms with van der Waals surface area (Å²) >= 11 is 0. The molecule has 2 aromatic rings. The van der Waals surface area contributed by atoms with Crippen molar-refractivity contribution in [2.75, 3.05) is 7.11 Å². The summed E-state index contributed by atoms with van der Waals surface area (Å²) in [5, 5.41) is 0. The Balaban J connectivity index is 2.31. The Hall–Kier alpha value is -2.23. The Kier molecular flexibility index (Phi) is 4.59. The highest BCUT2D eigenvalue weighted by Crippen LogP contribution is 2.30. The third-order valence-electron chi connectivity index (χ3n) is 3.97. The molecule has 0 atom stereocenters. The van der Waals surface area contributed by atoms with Gasteiger partial charge in [0, 0.05) is 17.8 Å². The highest BCUT2D eigenvalue weighted by Gasteiger charge is 2.25. The van der Waals surface area contributed by atoms with Crippen molar-refractivity contribution in [3.8, 4) is 0 Å². The number of methoxy groups -OCH3 is 1. The fourth-order valence-electron chi connectivity index (χ4n) is 2.25. The fraction of sp³-hybridized carbons (Fsp3) is 0.389. The van der Waals surface area contributed by atoms with Crippen molar-refractivity contribution < 1.29 is 9.53 Å². The SMILES string of the molecule is COC(=O)c1ccc(C(C)(C)c2ccc(C(C)C)cn2)cn1. The summed E-state index contributed by atoms with van der Waals surface area (Å²) in [5.41, 5.74) is 3.23. The Labute approximate surface area is 131 Å². The number of hydrogen-bond acceptors (Lipinski definition) is 4. The van der Waals surface area contributed by atoms with Gasteiger partial charge in [-0.25, -0.2) is 9.78 Å². The zero-order chi connectivity index (χ0) is 16.3. The Morgan fingerprint density at radius 1 is 1.09 bits per heavy atom. The van der Waals surface area contributed by atoms with Gasteiger partial charge in [0.2, 0.25) is 0 Å². The van der Waals surface area contributed by atoms with Crippen molar-refractivity contribution in [1.82, 2.24) is 9.97 Å². The topological polar surface area (TPSA) is 52.1 Å². The molecule has 0 saturated heterocycles. The lowest BCUT2D eigenvalue weighted by Crippen LogP contribution is -2.21. The van der Waals surface area contributed by atoms with Crippen molar-refractivity contribution in [2.24, 2.45) is 0 Å². The first kappa shape index (κ1) is 16.1. The molecule has 22 heavy (non-hydrogen) atoms. The number of hydrogen-bond donors (Lipinski definition) is 0. The normalized spacial score (nSPS) is 11.5. The lowest BCUT2D eigenvalue weighted by Gasteiger charge is -2.25. The van der Waals surface area contributed by atoms with Gasteiger partial charge in [-0.3, -0.25) is 4.98 Å². The van der Waals surface area contributed by atoms with E-state index in [-0.39, 0.29) is 5.41 Å². The maximum Gasteiger partial charge on any atom is 0.356 e. The van der Waals surface area contributed by atoms with Gasteiger partial charge < -0.3 is 4.74 Å². The van der Waals surface area contributed by atoms with Crippen molar-refractivity contribution in [3.63, 3.8) is 0 Å². The zero-order valence-corrected chi connectivity index (χ0v) is 13.8. The quantitative estimate of drug-likeness (QED) is 0.807. The van der Waals surface area contributed by atoms with Crippen LogP contribution in [-0.2, 0) is 10.2 Å². The van der Waals surface area contributed by atoms with Crippen LogP contribution in [0, 0.1) is 0 Å². The van der Waals surface area contributed by atoms with Crippen molar-refractivity contribution in [2.45, 2.75) is 39.0 Å². The highest BCUT2D eigenvalue weighted by atomic mass is 16.5. The largest absolute Gasteiger partial charge is 0.464 e. The number of pyridine rings is 2. The smallest absolute Gasteiger partial charge is 0.356 e. The molecular weight excluding hydrogens is 276 g/mol. The van der Waals surface area contributed by atoms with E-state index in [1.165, 1.54) is 12.7 Å². The van der Waals surface area contributed by atoms with Crippen molar-refractivity contribution in [3.05, 3.63) is 59.2 Å². The number of esters is 1. The van der Waals surface area contributed by atoms with Gasteiger partial charge >= 0.3 is 5.97 Å². The molecule has 0 spiro atoms. The van der Waals surface area contributed by atoms with Crippen LogP contribution in [0.1, 0.15) is 60.9 Å².